The molecule has 0 bridgehead atoms. The lowest BCUT2D eigenvalue weighted by Crippen LogP contribution is -2.37. The molecule has 3 nitrogen and oxygen atoms in total. The number of hydrogen-bond donors (Lipinski definition) is 1. The molecule has 0 atom stereocenters. The van der Waals surface area contributed by atoms with Crippen LogP contribution >= 0.6 is 24.0 Å². The van der Waals surface area contributed by atoms with Gasteiger partial charge >= 0.3 is 0 Å². The maximum Gasteiger partial charge on any atom is 0.193 e. The van der Waals surface area contributed by atoms with E-state index in [4.69, 9.17) is 0 Å². The van der Waals surface area contributed by atoms with Gasteiger partial charge in [-0.25, -0.2) is 4.99 Å². The molecule has 0 unspecified atom stereocenters. The molecule has 1 aliphatic rings. The minimum absolute atomic E-state index is 0. The second kappa shape index (κ2) is 9.82. The Bertz CT molecular complexity index is 466. The molecule has 1 aromatic rings. The minimum Gasteiger partial charge on any atom is -0.356 e. The van der Waals surface area contributed by atoms with Crippen molar-refractivity contribution >= 4 is 29.9 Å². The summed E-state index contributed by atoms with van der Waals surface area (Å²) in [4.78, 5) is 6.72. The highest BCUT2D eigenvalue weighted by molar-refractivity contribution is 14.0. The van der Waals surface area contributed by atoms with Crippen LogP contribution in [0, 0.1) is 0 Å². The zero-order chi connectivity index (χ0) is 14.2. The third-order valence-electron chi connectivity index (χ3n) is 3.54. The molecule has 0 saturated carbocycles. The summed E-state index contributed by atoms with van der Waals surface area (Å²) in [6, 6.07) is 10.4. The van der Waals surface area contributed by atoms with E-state index < -0.39 is 0 Å². The summed E-state index contributed by atoms with van der Waals surface area (Å²) >= 11 is 0. The van der Waals surface area contributed by atoms with Gasteiger partial charge in [-0.1, -0.05) is 42.0 Å². The number of halogens is 1. The monoisotopic (exact) mass is 399 g/mol. The second-order valence-corrected chi connectivity index (χ2v) is 5.45. The van der Waals surface area contributed by atoms with Crippen LogP contribution in [-0.4, -0.2) is 31.5 Å². The molecule has 0 saturated heterocycles. The van der Waals surface area contributed by atoms with Gasteiger partial charge in [-0.2, -0.15) is 0 Å². The largest absolute Gasteiger partial charge is 0.356 e. The number of allylic oxidation sites excluding steroid dienone is 1. The van der Waals surface area contributed by atoms with Crippen LogP contribution in [0.25, 0.3) is 0 Å². The summed E-state index contributed by atoms with van der Waals surface area (Å²) in [7, 11) is 4.07. The predicted octanol–water partition coefficient (Wildman–Crippen LogP) is 3.81. The van der Waals surface area contributed by atoms with Crippen LogP contribution in [-0.2, 0) is 6.54 Å². The Hall–Kier alpha value is -1.04. The first kappa shape index (κ1) is 18.0. The molecule has 1 N–H and O–H groups in total. The number of aliphatic imine (C=N–C) groups is 1. The molecule has 0 spiro atoms. The van der Waals surface area contributed by atoms with E-state index in [0.29, 0.717) is 0 Å². The highest BCUT2D eigenvalue weighted by atomic mass is 127. The van der Waals surface area contributed by atoms with Crippen LogP contribution in [0.5, 0.6) is 0 Å². The standard InChI is InChI=1S/C17H25N3.HI/c1-20(2)17(18-13-12-15-8-6-7-9-15)19-14-16-10-4-3-5-11-16;/h3-5,8,10-11H,6-7,9,12-14H2,1-2H3,(H,18,19);1H. The second-order valence-electron chi connectivity index (χ2n) is 5.45. The molecule has 1 aromatic carbocycles. The number of guanidine groups is 1. The van der Waals surface area contributed by atoms with Gasteiger partial charge in [-0.15, -0.1) is 24.0 Å². The van der Waals surface area contributed by atoms with E-state index in [-0.39, 0.29) is 24.0 Å². The van der Waals surface area contributed by atoms with Crippen molar-refractivity contribution in [2.75, 3.05) is 20.6 Å². The molecular weight excluding hydrogens is 373 g/mol. The van der Waals surface area contributed by atoms with E-state index in [0.717, 1.165) is 25.5 Å². The fourth-order valence-electron chi connectivity index (χ4n) is 2.40. The van der Waals surface area contributed by atoms with Crippen molar-refractivity contribution in [1.82, 2.24) is 10.2 Å². The van der Waals surface area contributed by atoms with Gasteiger partial charge < -0.3 is 10.2 Å². The van der Waals surface area contributed by atoms with Crippen LogP contribution in [0.2, 0.25) is 0 Å². The van der Waals surface area contributed by atoms with Gasteiger partial charge in [0.15, 0.2) is 5.96 Å². The van der Waals surface area contributed by atoms with Crippen LogP contribution in [0.4, 0.5) is 0 Å². The molecule has 0 aromatic heterocycles. The van der Waals surface area contributed by atoms with Crippen molar-refractivity contribution < 1.29 is 0 Å². The first-order chi connectivity index (χ1) is 9.75. The van der Waals surface area contributed by atoms with Crippen molar-refractivity contribution in [3.63, 3.8) is 0 Å². The summed E-state index contributed by atoms with van der Waals surface area (Å²) in [5.41, 5.74) is 2.84. The molecule has 0 radical (unpaired) electrons. The van der Waals surface area contributed by atoms with Gasteiger partial charge in [0.25, 0.3) is 0 Å². The smallest absolute Gasteiger partial charge is 0.193 e. The van der Waals surface area contributed by atoms with Crippen molar-refractivity contribution in [1.29, 1.82) is 0 Å². The summed E-state index contributed by atoms with van der Waals surface area (Å²) in [5, 5.41) is 3.45. The molecule has 0 heterocycles. The normalized spacial score (nSPS) is 14.4. The molecule has 1 aliphatic carbocycles. The molecule has 2 rings (SSSR count). The molecule has 21 heavy (non-hydrogen) atoms. The van der Waals surface area contributed by atoms with Crippen molar-refractivity contribution in [2.45, 2.75) is 32.2 Å². The van der Waals surface area contributed by atoms with E-state index in [1.165, 1.54) is 24.8 Å². The van der Waals surface area contributed by atoms with Gasteiger partial charge in [0.05, 0.1) is 6.54 Å². The summed E-state index contributed by atoms with van der Waals surface area (Å²) < 4.78 is 0. The number of nitrogens with zero attached hydrogens (tertiary/aromatic N) is 2. The zero-order valence-corrected chi connectivity index (χ0v) is 15.3. The van der Waals surface area contributed by atoms with E-state index in [2.05, 4.69) is 40.7 Å². The molecule has 0 fully saturated rings. The Morgan fingerprint density at radius 1 is 1.24 bits per heavy atom. The molecule has 4 heteroatoms. The minimum atomic E-state index is 0. The Morgan fingerprint density at radius 3 is 2.62 bits per heavy atom. The topological polar surface area (TPSA) is 27.6 Å². The molecule has 0 aliphatic heterocycles. The first-order valence-corrected chi connectivity index (χ1v) is 7.43. The number of benzene rings is 1. The van der Waals surface area contributed by atoms with Gasteiger partial charge in [-0.3, -0.25) is 0 Å². The SMILES string of the molecule is CN(C)C(=NCc1ccccc1)NCCC1=CCCC1.I. The van der Waals surface area contributed by atoms with Crippen LogP contribution in [0.3, 0.4) is 0 Å². The van der Waals surface area contributed by atoms with Gasteiger partial charge in [0, 0.05) is 20.6 Å². The van der Waals surface area contributed by atoms with E-state index in [1.54, 1.807) is 5.57 Å². The van der Waals surface area contributed by atoms with E-state index in [9.17, 15) is 0 Å². The number of rotatable bonds is 5. The predicted molar refractivity (Wildman–Crippen MR) is 101 cm³/mol. The van der Waals surface area contributed by atoms with Crippen LogP contribution in [0.1, 0.15) is 31.2 Å². The maximum atomic E-state index is 4.67. The van der Waals surface area contributed by atoms with E-state index >= 15 is 0 Å². The summed E-state index contributed by atoms with van der Waals surface area (Å²) in [6.07, 6.45) is 7.40. The molecular formula is C17H26IN3. The summed E-state index contributed by atoms with van der Waals surface area (Å²) in [5.74, 6) is 0.965. The summed E-state index contributed by atoms with van der Waals surface area (Å²) in [6.45, 7) is 1.70. The Labute approximate surface area is 145 Å². The highest BCUT2D eigenvalue weighted by Gasteiger charge is 2.05. The first-order valence-electron chi connectivity index (χ1n) is 7.43. The maximum absolute atomic E-state index is 4.67. The third-order valence-corrected chi connectivity index (χ3v) is 3.54. The highest BCUT2D eigenvalue weighted by Crippen LogP contribution is 2.19. The lowest BCUT2D eigenvalue weighted by atomic mass is 10.2. The Kier molecular flexibility index (Phi) is 8.42. The van der Waals surface area contributed by atoms with Crippen LogP contribution in [0.15, 0.2) is 47.0 Å². The van der Waals surface area contributed by atoms with Gasteiger partial charge in [0.1, 0.15) is 0 Å². The average Bonchev–Trinajstić information content (AvgIpc) is 2.96. The fraction of sp³-hybridized carbons (Fsp3) is 0.471. The Morgan fingerprint density at radius 2 is 2.00 bits per heavy atom. The number of nitrogens with one attached hydrogen (secondary N) is 1. The lowest BCUT2D eigenvalue weighted by molar-refractivity contribution is 0.578. The Balaban J connectivity index is 0.00000220. The van der Waals surface area contributed by atoms with Crippen molar-refractivity contribution in [3.05, 3.63) is 47.5 Å². The number of hydrogen-bond acceptors (Lipinski definition) is 1. The molecule has 116 valence electrons. The van der Waals surface area contributed by atoms with Crippen molar-refractivity contribution in [2.24, 2.45) is 4.99 Å². The fourth-order valence-corrected chi connectivity index (χ4v) is 2.40. The van der Waals surface area contributed by atoms with Gasteiger partial charge in [0.2, 0.25) is 0 Å². The third kappa shape index (κ3) is 6.50. The van der Waals surface area contributed by atoms with E-state index in [1.807, 2.05) is 25.1 Å². The van der Waals surface area contributed by atoms with Crippen LogP contribution < -0.4 is 5.32 Å². The zero-order valence-electron chi connectivity index (χ0n) is 13.0. The van der Waals surface area contributed by atoms with Gasteiger partial charge in [-0.05, 0) is 31.2 Å². The van der Waals surface area contributed by atoms with Crippen molar-refractivity contribution in [3.8, 4) is 0 Å². The lowest BCUT2D eigenvalue weighted by Gasteiger charge is -2.18. The quantitative estimate of drug-likeness (QED) is 0.353. The average molecular weight is 399 g/mol. The molecule has 0 amide bonds.